The summed E-state index contributed by atoms with van der Waals surface area (Å²) >= 11 is 17.5. The molecule has 0 saturated heterocycles. The van der Waals surface area contributed by atoms with Gasteiger partial charge in [0.25, 0.3) is 0 Å². The van der Waals surface area contributed by atoms with E-state index in [0.717, 1.165) is 46.2 Å². The van der Waals surface area contributed by atoms with Crippen molar-refractivity contribution in [3.05, 3.63) is 63.6 Å². The summed E-state index contributed by atoms with van der Waals surface area (Å²) in [6.07, 6.45) is 1.88. The highest BCUT2D eigenvalue weighted by Gasteiger charge is 2.02. The predicted molar refractivity (Wildman–Crippen MR) is 100 cm³/mol. The molecule has 22 heavy (non-hydrogen) atoms. The number of anilines is 1. The van der Waals surface area contributed by atoms with Crippen molar-refractivity contribution in [3.63, 3.8) is 0 Å². The molecule has 2 nitrogen and oxygen atoms in total. The van der Waals surface area contributed by atoms with Gasteiger partial charge in [0.2, 0.25) is 0 Å². The molecule has 2 aromatic rings. The first-order valence-electron chi connectivity index (χ1n) is 7.10. The standard InChI is InChI=1S/C17H18Cl2N2S/c1-12-8-9-14(11-16(12)19)21-17(22)20-10-4-6-13-5-2-3-7-15(13)18/h2-3,5,7-9,11H,4,6,10H2,1H3,(H2,20,21,22). The molecule has 2 aromatic carbocycles. The van der Waals surface area contributed by atoms with Gasteiger partial charge in [-0.25, -0.2) is 0 Å². The first kappa shape index (κ1) is 17.1. The molecule has 0 fully saturated rings. The minimum absolute atomic E-state index is 0.596. The molecule has 0 saturated carbocycles. The van der Waals surface area contributed by atoms with Gasteiger partial charge in [0.15, 0.2) is 5.11 Å². The lowest BCUT2D eigenvalue weighted by Gasteiger charge is -2.11. The monoisotopic (exact) mass is 352 g/mol. The normalized spacial score (nSPS) is 10.3. The molecule has 116 valence electrons. The van der Waals surface area contributed by atoms with E-state index in [1.54, 1.807) is 0 Å². The molecule has 0 aliphatic carbocycles. The van der Waals surface area contributed by atoms with E-state index >= 15 is 0 Å². The van der Waals surface area contributed by atoms with E-state index in [-0.39, 0.29) is 0 Å². The Morgan fingerprint density at radius 1 is 1.09 bits per heavy atom. The fourth-order valence-electron chi connectivity index (χ4n) is 2.03. The van der Waals surface area contributed by atoms with Gasteiger partial charge >= 0.3 is 0 Å². The van der Waals surface area contributed by atoms with Crippen molar-refractivity contribution >= 4 is 46.2 Å². The van der Waals surface area contributed by atoms with Crippen molar-refractivity contribution in [3.8, 4) is 0 Å². The largest absolute Gasteiger partial charge is 0.362 e. The van der Waals surface area contributed by atoms with Crippen LogP contribution in [0.2, 0.25) is 10.0 Å². The van der Waals surface area contributed by atoms with Crippen LogP contribution in [0.5, 0.6) is 0 Å². The average Bonchev–Trinajstić information content (AvgIpc) is 2.49. The van der Waals surface area contributed by atoms with Gasteiger partial charge in [-0.3, -0.25) is 0 Å². The maximum atomic E-state index is 6.13. The highest BCUT2D eigenvalue weighted by atomic mass is 35.5. The van der Waals surface area contributed by atoms with Crippen LogP contribution in [0.3, 0.4) is 0 Å². The lowest BCUT2D eigenvalue weighted by Crippen LogP contribution is -2.29. The molecule has 0 aliphatic heterocycles. The van der Waals surface area contributed by atoms with Crippen LogP contribution in [0.15, 0.2) is 42.5 Å². The van der Waals surface area contributed by atoms with Crippen LogP contribution >= 0.6 is 35.4 Å². The van der Waals surface area contributed by atoms with Crippen molar-refractivity contribution < 1.29 is 0 Å². The molecule has 5 heteroatoms. The Bertz CT molecular complexity index is 659. The van der Waals surface area contributed by atoms with E-state index in [1.165, 1.54) is 0 Å². The van der Waals surface area contributed by atoms with E-state index < -0.39 is 0 Å². The number of rotatable bonds is 5. The van der Waals surface area contributed by atoms with E-state index in [4.69, 9.17) is 35.4 Å². The van der Waals surface area contributed by atoms with E-state index in [9.17, 15) is 0 Å². The molecule has 0 aliphatic rings. The smallest absolute Gasteiger partial charge is 0.170 e. The Morgan fingerprint density at radius 2 is 1.86 bits per heavy atom. The van der Waals surface area contributed by atoms with Crippen molar-refractivity contribution in [2.24, 2.45) is 0 Å². The molecule has 0 aromatic heterocycles. The van der Waals surface area contributed by atoms with Crippen molar-refractivity contribution in [2.45, 2.75) is 19.8 Å². The summed E-state index contributed by atoms with van der Waals surface area (Å²) in [5.41, 5.74) is 3.10. The number of benzene rings is 2. The molecule has 0 radical (unpaired) electrons. The number of hydrogen-bond donors (Lipinski definition) is 2. The fraction of sp³-hybridized carbons (Fsp3) is 0.235. The second-order valence-corrected chi connectivity index (χ2v) is 6.26. The lowest BCUT2D eigenvalue weighted by atomic mass is 10.1. The Labute approximate surface area is 146 Å². The van der Waals surface area contributed by atoms with Gasteiger partial charge in [-0.2, -0.15) is 0 Å². The van der Waals surface area contributed by atoms with Crippen molar-refractivity contribution in [2.75, 3.05) is 11.9 Å². The number of aryl methyl sites for hydroxylation is 2. The summed E-state index contributed by atoms with van der Waals surface area (Å²) < 4.78 is 0. The molecule has 0 bridgehead atoms. The first-order chi connectivity index (χ1) is 10.6. The van der Waals surface area contributed by atoms with Gasteiger partial charge in [-0.05, 0) is 61.3 Å². The summed E-state index contributed by atoms with van der Waals surface area (Å²) in [5.74, 6) is 0. The van der Waals surface area contributed by atoms with Gasteiger partial charge in [0.1, 0.15) is 0 Å². The Morgan fingerprint density at radius 3 is 2.59 bits per heavy atom. The van der Waals surface area contributed by atoms with E-state index in [0.29, 0.717) is 5.11 Å². The topological polar surface area (TPSA) is 24.1 Å². The van der Waals surface area contributed by atoms with Crippen LogP contribution in [-0.2, 0) is 6.42 Å². The first-order valence-corrected chi connectivity index (χ1v) is 8.27. The van der Waals surface area contributed by atoms with Crippen LogP contribution in [0.4, 0.5) is 5.69 Å². The summed E-state index contributed by atoms with van der Waals surface area (Å²) in [7, 11) is 0. The van der Waals surface area contributed by atoms with Crippen LogP contribution in [0.25, 0.3) is 0 Å². The van der Waals surface area contributed by atoms with Crippen LogP contribution < -0.4 is 10.6 Å². The van der Waals surface area contributed by atoms with E-state index in [1.807, 2.05) is 49.4 Å². The minimum atomic E-state index is 0.596. The van der Waals surface area contributed by atoms with Crippen molar-refractivity contribution in [1.82, 2.24) is 5.32 Å². The molecule has 0 amide bonds. The molecule has 2 rings (SSSR count). The zero-order chi connectivity index (χ0) is 15.9. The SMILES string of the molecule is Cc1ccc(NC(=S)NCCCc2ccccc2Cl)cc1Cl. The fourth-order valence-corrected chi connectivity index (χ4v) is 2.66. The third kappa shape index (κ3) is 5.16. The molecule has 0 heterocycles. The molecule has 2 N–H and O–H groups in total. The Hall–Kier alpha value is -1.29. The molecular formula is C17H18Cl2N2S. The summed E-state index contributed by atoms with van der Waals surface area (Å²) in [4.78, 5) is 0. The molecule has 0 atom stereocenters. The zero-order valence-electron chi connectivity index (χ0n) is 12.3. The third-order valence-electron chi connectivity index (χ3n) is 3.30. The number of halogens is 2. The van der Waals surface area contributed by atoms with Crippen LogP contribution in [0, 0.1) is 6.92 Å². The number of hydrogen-bond acceptors (Lipinski definition) is 1. The Balaban J connectivity index is 1.74. The quantitative estimate of drug-likeness (QED) is 0.569. The summed E-state index contributed by atoms with van der Waals surface area (Å²) in [6, 6.07) is 13.7. The third-order valence-corrected chi connectivity index (χ3v) is 4.32. The average molecular weight is 353 g/mol. The van der Waals surface area contributed by atoms with Crippen LogP contribution in [-0.4, -0.2) is 11.7 Å². The van der Waals surface area contributed by atoms with Gasteiger partial charge in [0, 0.05) is 22.3 Å². The molecular weight excluding hydrogens is 335 g/mol. The van der Waals surface area contributed by atoms with Crippen molar-refractivity contribution in [1.29, 1.82) is 0 Å². The number of nitrogens with one attached hydrogen (secondary N) is 2. The van der Waals surface area contributed by atoms with Crippen LogP contribution in [0.1, 0.15) is 17.5 Å². The maximum Gasteiger partial charge on any atom is 0.170 e. The van der Waals surface area contributed by atoms with E-state index in [2.05, 4.69) is 10.6 Å². The second kappa shape index (κ2) is 8.37. The van der Waals surface area contributed by atoms with Gasteiger partial charge < -0.3 is 10.6 Å². The highest BCUT2D eigenvalue weighted by molar-refractivity contribution is 7.80. The Kier molecular flexibility index (Phi) is 6.49. The second-order valence-electron chi connectivity index (χ2n) is 5.04. The lowest BCUT2D eigenvalue weighted by molar-refractivity contribution is 0.777. The minimum Gasteiger partial charge on any atom is -0.362 e. The van der Waals surface area contributed by atoms with Gasteiger partial charge in [0.05, 0.1) is 0 Å². The predicted octanol–water partition coefficient (Wildman–Crippen LogP) is 5.22. The highest BCUT2D eigenvalue weighted by Crippen LogP contribution is 2.20. The zero-order valence-corrected chi connectivity index (χ0v) is 14.7. The van der Waals surface area contributed by atoms with Gasteiger partial charge in [-0.1, -0.05) is 47.5 Å². The molecule has 0 unspecified atom stereocenters. The summed E-state index contributed by atoms with van der Waals surface area (Å²) in [5, 5.41) is 8.46. The maximum absolute atomic E-state index is 6.13. The summed E-state index contributed by atoms with van der Waals surface area (Å²) in [6.45, 7) is 2.76. The molecule has 0 spiro atoms. The van der Waals surface area contributed by atoms with Gasteiger partial charge in [-0.15, -0.1) is 0 Å². The number of thiocarbonyl (C=S) groups is 1.